The van der Waals surface area contributed by atoms with Crippen LogP contribution in [0.3, 0.4) is 0 Å². The zero-order valence-electron chi connectivity index (χ0n) is 8.95. The van der Waals surface area contributed by atoms with E-state index in [-0.39, 0.29) is 16.2 Å². The van der Waals surface area contributed by atoms with E-state index in [1.54, 1.807) is 0 Å². The third-order valence-corrected chi connectivity index (χ3v) is 2.91. The number of aromatic amines is 1. The molecule has 0 aliphatic heterocycles. The number of alkyl halides is 3. The fraction of sp³-hybridized carbons (Fsp3) is 0.222. The van der Waals surface area contributed by atoms with Gasteiger partial charge in [0, 0.05) is 12.3 Å². The Hall–Kier alpha value is -1.77. The number of imidazole rings is 1. The third kappa shape index (κ3) is 2.73. The van der Waals surface area contributed by atoms with Gasteiger partial charge in [0.2, 0.25) is 15.0 Å². The quantitative estimate of drug-likeness (QED) is 0.911. The van der Waals surface area contributed by atoms with Gasteiger partial charge in [-0.1, -0.05) is 0 Å². The van der Waals surface area contributed by atoms with E-state index in [4.69, 9.17) is 0 Å². The van der Waals surface area contributed by atoms with E-state index in [9.17, 15) is 21.6 Å². The maximum Gasteiger partial charge on any atom is 0.573 e. The molecule has 1 N–H and O–H groups in total. The largest absolute Gasteiger partial charge is 0.573 e. The van der Waals surface area contributed by atoms with Crippen molar-refractivity contribution in [2.75, 3.05) is 6.26 Å². The number of hydrogen-bond acceptors (Lipinski definition) is 4. The van der Waals surface area contributed by atoms with Crippen LogP contribution in [-0.4, -0.2) is 31.0 Å². The second-order valence-corrected chi connectivity index (χ2v) is 5.47. The van der Waals surface area contributed by atoms with Crippen LogP contribution in [0, 0.1) is 0 Å². The predicted octanol–water partition coefficient (Wildman–Crippen LogP) is 1.86. The van der Waals surface area contributed by atoms with Gasteiger partial charge >= 0.3 is 6.36 Å². The van der Waals surface area contributed by atoms with Crippen LogP contribution in [0.2, 0.25) is 0 Å². The van der Waals surface area contributed by atoms with Crippen LogP contribution in [0.4, 0.5) is 13.2 Å². The van der Waals surface area contributed by atoms with Gasteiger partial charge in [0.05, 0.1) is 11.0 Å². The molecule has 0 amide bonds. The maximum atomic E-state index is 12.0. The first-order valence-corrected chi connectivity index (χ1v) is 6.50. The van der Waals surface area contributed by atoms with Crippen molar-refractivity contribution in [2.24, 2.45) is 0 Å². The van der Waals surface area contributed by atoms with Gasteiger partial charge in [0.1, 0.15) is 5.75 Å². The van der Waals surface area contributed by atoms with Crippen LogP contribution < -0.4 is 4.74 Å². The predicted molar refractivity (Wildman–Crippen MR) is 55.9 cm³/mol. The number of rotatable bonds is 2. The summed E-state index contributed by atoms with van der Waals surface area (Å²) in [7, 11) is -3.54. The SMILES string of the molecule is CS(=O)(=O)c1nc2ccc(OC(F)(F)F)cc2[nH]1. The molecular formula is C9H7F3N2O3S. The Morgan fingerprint density at radius 2 is 2.00 bits per heavy atom. The summed E-state index contributed by atoms with van der Waals surface area (Å²) in [6.07, 6.45) is -3.86. The molecule has 0 fully saturated rings. The molecule has 98 valence electrons. The number of H-pyrrole nitrogens is 1. The second kappa shape index (κ2) is 3.87. The van der Waals surface area contributed by atoms with E-state index >= 15 is 0 Å². The third-order valence-electron chi connectivity index (χ3n) is 2.02. The molecule has 2 rings (SSSR count). The van der Waals surface area contributed by atoms with Crippen molar-refractivity contribution in [3.05, 3.63) is 18.2 Å². The number of nitrogens with zero attached hydrogens (tertiary/aromatic N) is 1. The first-order chi connectivity index (χ1) is 8.15. The van der Waals surface area contributed by atoms with Gasteiger partial charge in [-0.2, -0.15) is 0 Å². The Morgan fingerprint density at radius 1 is 1.33 bits per heavy atom. The van der Waals surface area contributed by atoms with Crippen molar-refractivity contribution in [3.8, 4) is 5.75 Å². The molecule has 18 heavy (non-hydrogen) atoms. The zero-order valence-corrected chi connectivity index (χ0v) is 9.76. The van der Waals surface area contributed by atoms with E-state index in [2.05, 4.69) is 14.7 Å². The van der Waals surface area contributed by atoms with Crippen LogP contribution in [-0.2, 0) is 9.84 Å². The maximum absolute atomic E-state index is 12.0. The molecule has 0 aliphatic carbocycles. The van der Waals surface area contributed by atoms with Crippen LogP contribution in [0.15, 0.2) is 23.4 Å². The molecule has 0 saturated heterocycles. The first kappa shape index (κ1) is 12.7. The van der Waals surface area contributed by atoms with Crippen molar-refractivity contribution in [1.82, 2.24) is 9.97 Å². The van der Waals surface area contributed by atoms with E-state index in [1.165, 1.54) is 6.07 Å². The normalized spacial score (nSPS) is 12.9. The van der Waals surface area contributed by atoms with E-state index in [0.717, 1.165) is 18.4 Å². The lowest BCUT2D eigenvalue weighted by atomic mass is 10.3. The Kier molecular flexibility index (Phi) is 2.73. The lowest BCUT2D eigenvalue weighted by Gasteiger charge is -2.07. The number of aromatic nitrogens is 2. The number of benzene rings is 1. The van der Waals surface area contributed by atoms with E-state index in [1.807, 2.05) is 0 Å². The number of fused-ring (bicyclic) bond motifs is 1. The van der Waals surface area contributed by atoms with Crippen LogP contribution in [0.25, 0.3) is 11.0 Å². The Bertz CT molecular complexity index is 691. The molecule has 0 saturated carbocycles. The fourth-order valence-corrected chi connectivity index (χ4v) is 1.90. The van der Waals surface area contributed by atoms with Crippen LogP contribution in [0.5, 0.6) is 5.75 Å². The number of halogens is 3. The van der Waals surface area contributed by atoms with Gasteiger partial charge in [-0.05, 0) is 12.1 Å². The van der Waals surface area contributed by atoms with Gasteiger partial charge in [-0.15, -0.1) is 13.2 Å². The molecule has 0 unspecified atom stereocenters. The summed E-state index contributed by atoms with van der Waals surface area (Å²) in [5.41, 5.74) is 0.391. The second-order valence-electron chi connectivity index (χ2n) is 3.54. The summed E-state index contributed by atoms with van der Waals surface area (Å²) in [4.78, 5) is 6.16. The zero-order chi connectivity index (χ0) is 13.6. The molecule has 1 aromatic carbocycles. The van der Waals surface area contributed by atoms with Crippen LogP contribution in [0.1, 0.15) is 0 Å². The van der Waals surface area contributed by atoms with Gasteiger partial charge in [-0.3, -0.25) is 0 Å². The Labute approximate surface area is 99.5 Å². The highest BCUT2D eigenvalue weighted by molar-refractivity contribution is 7.90. The van der Waals surface area contributed by atoms with Gasteiger partial charge in [-0.25, -0.2) is 13.4 Å². The lowest BCUT2D eigenvalue weighted by Crippen LogP contribution is -2.16. The molecule has 9 heteroatoms. The van der Waals surface area contributed by atoms with E-state index in [0.29, 0.717) is 0 Å². The van der Waals surface area contributed by atoms with Crippen molar-refractivity contribution in [1.29, 1.82) is 0 Å². The summed E-state index contributed by atoms with van der Waals surface area (Å²) in [5, 5.41) is -0.304. The molecule has 0 bridgehead atoms. The molecule has 0 atom stereocenters. The summed E-state index contributed by atoms with van der Waals surface area (Å²) >= 11 is 0. The summed E-state index contributed by atoms with van der Waals surface area (Å²) in [6.45, 7) is 0. The Morgan fingerprint density at radius 3 is 2.56 bits per heavy atom. The molecular weight excluding hydrogens is 273 g/mol. The monoisotopic (exact) mass is 280 g/mol. The number of hydrogen-bond donors (Lipinski definition) is 1. The minimum Gasteiger partial charge on any atom is -0.406 e. The van der Waals surface area contributed by atoms with E-state index < -0.39 is 21.9 Å². The molecule has 1 heterocycles. The standard InChI is InChI=1S/C9H7F3N2O3S/c1-18(15,16)8-13-6-3-2-5(4-7(6)14-8)17-9(10,11)12/h2-4H,1H3,(H,13,14). The Balaban J connectivity index is 2.46. The van der Waals surface area contributed by atoms with Gasteiger partial charge in [0.15, 0.2) is 0 Å². The minimum atomic E-state index is -4.80. The van der Waals surface area contributed by atoms with Crippen molar-refractivity contribution >= 4 is 20.9 Å². The number of sulfone groups is 1. The van der Waals surface area contributed by atoms with Crippen molar-refractivity contribution in [2.45, 2.75) is 11.5 Å². The summed E-state index contributed by atoms with van der Waals surface area (Å²) in [5.74, 6) is -0.446. The number of ether oxygens (including phenoxy) is 1. The highest BCUT2D eigenvalue weighted by atomic mass is 32.2. The smallest absolute Gasteiger partial charge is 0.406 e. The first-order valence-electron chi connectivity index (χ1n) is 4.61. The summed E-state index contributed by atoms with van der Waals surface area (Å²) < 4.78 is 62.1. The molecule has 0 aliphatic rings. The van der Waals surface area contributed by atoms with Crippen molar-refractivity contribution < 1.29 is 26.3 Å². The minimum absolute atomic E-state index is 0.150. The fourth-order valence-electron chi connectivity index (χ4n) is 1.34. The topological polar surface area (TPSA) is 72.1 Å². The molecule has 0 radical (unpaired) electrons. The summed E-state index contributed by atoms with van der Waals surface area (Å²) in [6, 6.07) is 3.33. The average Bonchev–Trinajstić information content (AvgIpc) is 2.57. The molecule has 0 spiro atoms. The molecule has 1 aromatic heterocycles. The highest BCUT2D eigenvalue weighted by Crippen LogP contribution is 2.26. The molecule has 5 nitrogen and oxygen atoms in total. The van der Waals surface area contributed by atoms with Crippen LogP contribution >= 0.6 is 0 Å². The van der Waals surface area contributed by atoms with Gasteiger partial charge in [0.25, 0.3) is 0 Å². The van der Waals surface area contributed by atoms with Crippen molar-refractivity contribution in [3.63, 3.8) is 0 Å². The number of nitrogens with one attached hydrogen (secondary N) is 1. The lowest BCUT2D eigenvalue weighted by molar-refractivity contribution is -0.274. The molecule has 2 aromatic rings. The average molecular weight is 280 g/mol. The highest BCUT2D eigenvalue weighted by Gasteiger charge is 2.31. The van der Waals surface area contributed by atoms with Gasteiger partial charge < -0.3 is 9.72 Å².